The molecule has 256 valence electrons. The monoisotopic (exact) mass is 661 g/mol. The number of aryl methyl sites for hydroxylation is 1. The van der Waals surface area contributed by atoms with Crippen molar-refractivity contribution in [3.63, 3.8) is 0 Å². The molecular weight excluding hydrogens is 610 g/mol. The fraction of sp³-hybridized carbons (Fsp3) is 0.667. The van der Waals surface area contributed by atoms with Gasteiger partial charge in [0.25, 0.3) is 15.9 Å². The lowest BCUT2D eigenvalue weighted by molar-refractivity contribution is -0.137. The zero-order valence-electron chi connectivity index (χ0n) is 27.9. The summed E-state index contributed by atoms with van der Waals surface area (Å²) in [4.78, 5) is 35.0. The molecule has 1 aliphatic carbocycles. The van der Waals surface area contributed by atoms with Crippen LogP contribution in [0.5, 0.6) is 5.75 Å². The Balaban J connectivity index is 1.63. The Morgan fingerprint density at radius 3 is 2.54 bits per heavy atom. The third kappa shape index (κ3) is 9.22. The Hall–Kier alpha value is -3.16. The van der Waals surface area contributed by atoms with E-state index in [2.05, 4.69) is 9.71 Å². The molecule has 1 fully saturated rings. The molecule has 13 heteroatoms. The van der Waals surface area contributed by atoms with Gasteiger partial charge in [-0.2, -0.15) is 8.42 Å². The molecule has 2 amide bonds. The second-order valence-electron chi connectivity index (χ2n) is 13.0. The molecule has 1 aliphatic heterocycles. The Morgan fingerprint density at radius 1 is 1.15 bits per heavy atom. The van der Waals surface area contributed by atoms with Crippen LogP contribution < -0.4 is 9.46 Å². The molecule has 1 saturated carbocycles. The molecule has 12 nitrogen and oxygen atoms in total. The number of carbonyl (C=O) groups is 2. The first-order chi connectivity index (χ1) is 21.9. The van der Waals surface area contributed by atoms with Crippen molar-refractivity contribution in [2.24, 2.45) is 18.9 Å². The van der Waals surface area contributed by atoms with E-state index in [1.165, 1.54) is 29.6 Å². The van der Waals surface area contributed by atoms with Crippen LogP contribution in [0.3, 0.4) is 0 Å². The smallest absolute Gasteiger partial charge is 0.280 e. The van der Waals surface area contributed by atoms with E-state index in [0.29, 0.717) is 18.9 Å². The molecule has 0 radical (unpaired) electrons. The summed E-state index contributed by atoms with van der Waals surface area (Å²) in [6.07, 6.45) is 9.78. The number of hydrogen-bond acceptors (Lipinski definition) is 8. The van der Waals surface area contributed by atoms with Gasteiger partial charge in [-0.3, -0.25) is 14.3 Å². The Bertz CT molecular complexity index is 1430. The van der Waals surface area contributed by atoms with Crippen molar-refractivity contribution in [2.45, 2.75) is 95.4 Å². The highest BCUT2D eigenvalue weighted by Crippen LogP contribution is 2.30. The molecular formula is C33H51N5O7S. The molecule has 46 heavy (non-hydrogen) atoms. The molecule has 1 aromatic carbocycles. The van der Waals surface area contributed by atoms with Crippen LogP contribution in [0.1, 0.15) is 82.5 Å². The maximum Gasteiger partial charge on any atom is 0.280 e. The topological polar surface area (TPSA) is 143 Å². The second-order valence-corrected chi connectivity index (χ2v) is 14.7. The summed E-state index contributed by atoms with van der Waals surface area (Å²) >= 11 is 0. The highest BCUT2D eigenvalue weighted by Gasteiger charge is 2.32. The Labute approximate surface area is 273 Å². The molecule has 2 aromatic rings. The fourth-order valence-corrected chi connectivity index (χ4v) is 7.24. The summed E-state index contributed by atoms with van der Waals surface area (Å²) in [6, 6.07) is 4.09. The van der Waals surface area contributed by atoms with E-state index >= 15 is 0 Å². The molecule has 0 spiro atoms. The quantitative estimate of drug-likeness (QED) is 0.432. The number of nitrogens with one attached hydrogen (secondary N) is 1. The molecule has 0 saturated heterocycles. The number of anilines is 1. The zero-order chi connectivity index (χ0) is 33.4. The molecule has 4 rings (SSSR count). The summed E-state index contributed by atoms with van der Waals surface area (Å²) < 4.78 is 42.8. The van der Waals surface area contributed by atoms with E-state index in [1.54, 1.807) is 35.9 Å². The van der Waals surface area contributed by atoms with Gasteiger partial charge in [0.15, 0.2) is 5.03 Å². The van der Waals surface area contributed by atoms with E-state index in [4.69, 9.17) is 9.47 Å². The van der Waals surface area contributed by atoms with Crippen molar-refractivity contribution in [2.75, 3.05) is 38.1 Å². The lowest BCUT2D eigenvalue weighted by Crippen LogP contribution is -2.48. The number of likely N-dealkylation sites (N-methyl/N-ethyl adjacent to an activating group) is 1. The summed E-state index contributed by atoms with van der Waals surface area (Å²) in [7, 11) is -0.500. The summed E-state index contributed by atoms with van der Waals surface area (Å²) in [5.74, 6) is -0.0632. The van der Waals surface area contributed by atoms with Crippen molar-refractivity contribution in [3.8, 4) is 5.75 Å². The average molecular weight is 662 g/mol. The number of aliphatic hydroxyl groups is 1. The number of nitrogens with zero attached hydrogens (tertiary/aromatic N) is 4. The number of aromatic nitrogens is 2. The van der Waals surface area contributed by atoms with Crippen LogP contribution in [0.4, 0.5) is 5.69 Å². The first-order valence-corrected chi connectivity index (χ1v) is 18.0. The van der Waals surface area contributed by atoms with Gasteiger partial charge in [0.05, 0.1) is 36.7 Å². The van der Waals surface area contributed by atoms with Gasteiger partial charge in [-0.15, -0.1) is 0 Å². The SMILES string of the molecule is C[C@@H]1CCCCO[C@@H](CN(C)C(=O)C2CCCCC2)[C@H](C)CN([C@H](C)CO)C(=O)c2cc(NS(=O)(=O)c3cn(C)cn3)ccc2O1. The van der Waals surface area contributed by atoms with Gasteiger partial charge in [-0.25, -0.2) is 4.98 Å². The molecule has 4 atom stereocenters. The van der Waals surface area contributed by atoms with Crippen LogP contribution in [-0.4, -0.2) is 96.3 Å². The van der Waals surface area contributed by atoms with Gasteiger partial charge in [0.1, 0.15) is 5.75 Å². The maximum atomic E-state index is 14.3. The van der Waals surface area contributed by atoms with Crippen LogP contribution in [-0.2, 0) is 26.6 Å². The first kappa shape index (κ1) is 35.7. The number of benzene rings is 1. The number of ether oxygens (including phenoxy) is 2. The number of imidazole rings is 1. The van der Waals surface area contributed by atoms with E-state index < -0.39 is 22.0 Å². The summed E-state index contributed by atoms with van der Waals surface area (Å²) in [5.41, 5.74) is 0.364. The highest BCUT2D eigenvalue weighted by molar-refractivity contribution is 7.92. The molecule has 1 aromatic heterocycles. The van der Waals surface area contributed by atoms with Crippen molar-refractivity contribution in [3.05, 3.63) is 36.3 Å². The number of carbonyl (C=O) groups excluding carboxylic acids is 2. The molecule has 2 N–H and O–H groups in total. The van der Waals surface area contributed by atoms with Gasteiger partial charge in [-0.1, -0.05) is 26.2 Å². The van der Waals surface area contributed by atoms with Gasteiger partial charge in [-0.05, 0) is 64.2 Å². The number of hydrogen-bond donors (Lipinski definition) is 2. The normalized spacial score (nSPS) is 23.1. The maximum absolute atomic E-state index is 14.3. The van der Waals surface area contributed by atoms with Crippen LogP contribution in [0.15, 0.2) is 35.7 Å². The summed E-state index contributed by atoms with van der Waals surface area (Å²) in [6.45, 7) is 6.59. The zero-order valence-corrected chi connectivity index (χ0v) is 28.7. The van der Waals surface area contributed by atoms with Crippen LogP contribution >= 0.6 is 0 Å². The largest absolute Gasteiger partial charge is 0.490 e. The van der Waals surface area contributed by atoms with Gasteiger partial charge in [0.2, 0.25) is 5.91 Å². The number of fused-ring (bicyclic) bond motifs is 1. The number of amides is 2. The van der Waals surface area contributed by atoms with Crippen molar-refractivity contribution in [1.82, 2.24) is 19.4 Å². The number of aliphatic hydroxyl groups excluding tert-OH is 1. The molecule has 0 unspecified atom stereocenters. The standard InChI is InChI=1S/C33H51N5O7S/c1-23-18-38(24(2)21-39)33(41)28-17-27(35-46(42,43)31-20-36(4)22-34-31)14-15-29(28)45-25(3)11-9-10-16-44-30(23)19-37(5)32(40)26-12-7-6-8-13-26/h14-15,17,20,22-26,30,35,39H,6-13,16,18-19,21H2,1-5H3/t23-,24-,25-,30+/m1/s1. The Morgan fingerprint density at radius 2 is 1.87 bits per heavy atom. The third-order valence-electron chi connectivity index (χ3n) is 9.04. The van der Waals surface area contributed by atoms with Crippen LogP contribution in [0.2, 0.25) is 0 Å². The highest BCUT2D eigenvalue weighted by atomic mass is 32.2. The third-order valence-corrected chi connectivity index (χ3v) is 10.3. The van der Waals surface area contributed by atoms with Gasteiger partial charge in [0, 0.05) is 57.5 Å². The van der Waals surface area contributed by atoms with Crippen LogP contribution in [0, 0.1) is 11.8 Å². The van der Waals surface area contributed by atoms with Crippen molar-refractivity contribution >= 4 is 27.5 Å². The van der Waals surface area contributed by atoms with Crippen molar-refractivity contribution in [1.29, 1.82) is 0 Å². The lowest BCUT2D eigenvalue weighted by Gasteiger charge is -2.36. The van der Waals surface area contributed by atoms with E-state index in [-0.39, 0.29) is 59.4 Å². The van der Waals surface area contributed by atoms with E-state index in [0.717, 1.165) is 44.9 Å². The average Bonchev–Trinajstić information content (AvgIpc) is 3.49. The molecule has 0 bridgehead atoms. The lowest BCUT2D eigenvalue weighted by atomic mass is 9.88. The van der Waals surface area contributed by atoms with E-state index in [9.17, 15) is 23.1 Å². The Kier molecular flexibility index (Phi) is 12.5. The predicted molar refractivity (Wildman–Crippen MR) is 175 cm³/mol. The van der Waals surface area contributed by atoms with Crippen molar-refractivity contribution < 1.29 is 32.6 Å². The fourth-order valence-electron chi connectivity index (χ4n) is 6.20. The van der Waals surface area contributed by atoms with Gasteiger partial charge >= 0.3 is 0 Å². The van der Waals surface area contributed by atoms with Gasteiger partial charge < -0.3 is 28.9 Å². The number of rotatable bonds is 8. The second kappa shape index (κ2) is 16.1. The first-order valence-electron chi connectivity index (χ1n) is 16.5. The number of sulfonamides is 1. The molecule has 2 heterocycles. The minimum atomic E-state index is -4.01. The minimum Gasteiger partial charge on any atom is -0.490 e. The predicted octanol–water partition coefficient (Wildman–Crippen LogP) is 4.06. The van der Waals surface area contributed by atoms with E-state index in [1.807, 2.05) is 20.9 Å². The van der Waals surface area contributed by atoms with Crippen LogP contribution in [0.25, 0.3) is 0 Å². The summed E-state index contributed by atoms with van der Waals surface area (Å²) in [5, 5.41) is 10.1. The minimum absolute atomic E-state index is 0.0438. The molecule has 2 aliphatic rings.